The zero-order valence-corrected chi connectivity index (χ0v) is 28.4. The minimum atomic E-state index is -0.383. The molecule has 6 nitrogen and oxygen atoms in total. The van der Waals surface area contributed by atoms with Gasteiger partial charge in [0.1, 0.15) is 11.9 Å². The van der Waals surface area contributed by atoms with Crippen LogP contribution in [-0.2, 0) is 30.3 Å². The Balaban J connectivity index is 1.55. The van der Waals surface area contributed by atoms with E-state index in [1.165, 1.54) is 31.3 Å². The van der Waals surface area contributed by atoms with Crippen molar-refractivity contribution in [3.8, 4) is 5.75 Å². The molecule has 1 aromatic rings. The van der Waals surface area contributed by atoms with E-state index in [1.807, 2.05) is 6.07 Å². The zero-order valence-electron chi connectivity index (χ0n) is 27.5. The molecule has 0 amide bonds. The van der Waals surface area contributed by atoms with Gasteiger partial charge >= 0.3 is 5.24 Å². The first-order valence-corrected chi connectivity index (χ1v) is 16.8. The number of hydrogen-bond acceptors (Lipinski definition) is 7. The van der Waals surface area contributed by atoms with Crippen molar-refractivity contribution < 1.29 is 28.4 Å². The fraction of sp³-hybridized carbons (Fsp3) is 0.750. The van der Waals surface area contributed by atoms with Crippen LogP contribution in [0.1, 0.15) is 110 Å². The maximum atomic E-state index is 6.67. The summed E-state index contributed by atoms with van der Waals surface area (Å²) in [5, 5.41) is 0.150. The standard InChI is InChI=1S/C36H54O6S/c1-24-12-15-29-35(4)18-10-17-34(2,3)28(35)16-19-36(29,5)31(24)32(42-33(43)38-7)26-21-25(13-14-27(26)41-23-37-6)22-40-30-11-8-9-20-39-30/h12-14,21,28-32H,8-11,15-20,22-23H2,1-7H3/t28-,29+,30?,31-,32+,35-,36+/m0/s1. The smallest absolute Gasteiger partial charge is 0.352 e. The third kappa shape index (κ3) is 6.52. The van der Waals surface area contributed by atoms with E-state index in [4.69, 9.17) is 40.6 Å². The average Bonchev–Trinajstić information content (AvgIpc) is 2.98. The highest BCUT2D eigenvalue weighted by atomic mass is 32.1. The number of allylic oxidation sites excluding steroid dienone is 1. The highest BCUT2D eigenvalue weighted by molar-refractivity contribution is 7.79. The fourth-order valence-corrected chi connectivity index (χ4v) is 9.89. The molecule has 1 heterocycles. The van der Waals surface area contributed by atoms with E-state index in [0.717, 1.165) is 61.5 Å². The average molecular weight is 615 g/mol. The highest BCUT2D eigenvalue weighted by Gasteiger charge is 2.62. The van der Waals surface area contributed by atoms with E-state index < -0.39 is 0 Å². The molecule has 7 atom stereocenters. The first-order chi connectivity index (χ1) is 20.5. The van der Waals surface area contributed by atoms with Crippen LogP contribution < -0.4 is 4.74 Å². The molecule has 3 fully saturated rings. The minimum Gasteiger partial charge on any atom is -0.467 e. The van der Waals surface area contributed by atoms with Gasteiger partial charge in [-0.15, -0.1) is 0 Å². The van der Waals surface area contributed by atoms with Gasteiger partial charge in [-0.25, -0.2) is 0 Å². The van der Waals surface area contributed by atoms with Gasteiger partial charge in [0.15, 0.2) is 13.1 Å². The topological polar surface area (TPSA) is 55.4 Å². The van der Waals surface area contributed by atoms with E-state index in [9.17, 15) is 0 Å². The number of thiocarbonyl (C=S) groups is 1. The molecule has 7 heteroatoms. The summed E-state index contributed by atoms with van der Waals surface area (Å²) in [6, 6.07) is 6.26. The van der Waals surface area contributed by atoms with Crippen LogP contribution in [0, 0.1) is 34.0 Å². The molecule has 1 saturated heterocycles. The Morgan fingerprint density at radius 1 is 1.00 bits per heavy atom. The second kappa shape index (κ2) is 13.4. The van der Waals surface area contributed by atoms with Crippen LogP contribution in [0.5, 0.6) is 5.75 Å². The molecule has 1 aliphatic heterocycles. The molecule has 5 rings (SSSR count). The molecule has 0 bridgehead atoms. The number of fused-ring (bicyclic) bond motifs is 3. The minimum absolute atomic E-state index is 0.0203. The van der Waals surface area contributed by atoms with Gasteiger partial charge in [0.05, 0.1) is 13.7 Å². The van der Waals surface area contributed by atoms with Crippen molar-refractivity contribution in [2.45, 2.75) is 111 Å². The number of methoxy groups -OCH3 is 2. The molecule has 0 radical (unpaired) electrons. The molecule has 0 N–H and O–H groups in total. The summed E-state index contributed by atoms with van der Waals surface area (Å²) in [5.41, 5.74) is 4.03. The van der Waals surface area contributed by atoms with Gasteiger partial charge in [-0.05, 0) is 104 Å². The Morgan fingerprint density at radius 3 is 2.53 bits per heavy atom. The lowest BCUT2D eigenvalue weighted by Crippen LogP contribution is -2.58. The summed E-state index contributed by atoms with van der Waals surface area (Å²) in [7, 11) is 3.23. The van der Waals surface area contributed by atoms with Crippen molar-refractivity contribution in [3.63, 3.8) is 0 Å². The van der Waals surface area contributed by atoms with Gasteiger partial charge in [0, 0.05) is 37.4 Å². The van der Waals surface area contributed by atoms with Crippen molar-refractivity contribution in [1.82, 2.24) is 0 Å². The molecule has 3 aliphatic carbocycles. The Bertz CT molecular complexity index is 1160. The van der Waals surface area contributed by atoms with Crippen LogP contribution in [-0.4, -0.2) is 39.1 Å². The normalized spacial score (nSPS) is 34.3. The summed E-state index contributed by atoms with van der Waals surface area (Å²) in [6.45, 7) is 13.8. The van der Waals surface area contributed by atoms with Gasteiger partial charge in [-0.1, -0.05) is 51.8 Å². The first kappa shape index (κ1) is 32.7. The summed E-state index contributed by atoms with van der Waals surface area (Å²) in [4.78, 5) is 0. The third-order valence-electron chi connectivity index (χ3n) is 11.7. The number of ether oxygens (including phenoxy) is 6. The van der Waals surface area contributed by atoms with E-state index in [-0.39, 0.29) is 41.2 Å². The van der Waals surface area contributed by atoms with Crippen molar-refractivity contribution in [2.24, 2.45) is 34.0 Å². The Hall–Kier alpha value is -1.67. The molecule has 4 aliphatic rings. The Labute approximate surface area is 265 Å². The number of rotatable bonds is 9. The van der Waals surface area contributed by atoms with Crippen molar-refractivity contribution in [3.05, 3.63) is 41.0 Å². The summed E-state index contributed by atoms with van der Waals surface area (Å²) in [6.07, 6.45) is 12.5. The van der Waals surface area contributed by atoms with E-state index in [1.54, 1.807) is 14.2 Å². The monoisotopic (exact) mass is 614 g/mol. The Kier molecular flexibility index (Phi) is 10.2. The lowest BCUT2D eigenvalue weighted by atomic mass is 9.39. The summed E-state index contributed by atoms with van der Waals surface area (Å²) >= 11 is 5.60. The third-order valence-corrected chi connectivity index (χ3v) is 12.0. The van der Waals surface area contributed by atoms with Crippen LogP contribution in [0.15, 0.2) is 29.8 Å². The lowest BCUT2D eigenvalue weighted by molar-refractivity contribution is -0.168. The molecule has 43 heavy (non-hydrogen) atoms. The highest BCUT2D eigenvalue weighted by Crippen LogP contribution is 2.69. The largest absolute Gasteiger partial charge is 0.467 e. The SMILES string of the molecule is COCOc1ccc(COC2CCCCO2)cc1[C@@H](OC(=S)OC)[C@@H]1C(C)=CC[C@H]2[C@@]1(C)CC[C@H]1C(C)(C)CCC[C@]21C. The molecule has 0 spiro atoms. The van der Waals surface area contributed by atoms with Crippen molar-refractivity contribution in [2.75, 3.05) is 27.6 Å². The Morgan fingerprint density at radius 2 is 1.81 bits per heavy atom. The van der Waals surface area contributed by atoms with Crippen molar-refractivity contribution in [1.29, 1.82) is 0 Å². The van der Waals surface area contributed by atoms with Crippen molar-refractivity contribution >= 4 is 17.5 Å². The second-order valence-corrected chi connectivity index (χ2v) is 15.0. The van der Waals surface area contributed by atoms with Gasteiger partial charge < -0.3 is 28.4 Å². The summed E-state index contributed by atoms with van der Waals surface area (Å²) in [5.74, 6) is 2.11. The molecule has 240 valence electrons. The molecule has 1 unspecified atom stereocenters. The maximum absolute atomic E-state index is 6.67. The molecular weight excluding hydrogens is 560 g/mol. The predicted octanol–water partition coefficient (Wildman–Crippen LogP) is 8.92. The number of benzene rings is 1. The predicted molar refractivity (Wildman–Crippen MR) is 173 cm³/mol. The van der Waals surface area contributed by atoms with Gasteiger partial charge in [-0.3, -0.25) is 0 Å². The molecular formula is C36H54O6S. The van der Waals surface area contributed by atoms with Crippen LogP contribution in [0.25, 0.3) is 0 Å². The zero-order chi connectivity index (χ0) is 30.8. The van der Waals surface area contributed by atoms with Crippen LogP contribution >= 0.6 is 12.2 Å². The van der Waals surface area contributed by atoms with Gasteiger partial charge in [-0.2, -0.15) is 0 Å². The van der Waals surface area contributed by atoms with E-state index in [2.05, 4.69) is 52.8 Å². The first-order valence-electron chi connectivity index (χ1n) is 16.4. The molecule has 0 aromatic heterocycles. The second-order valence-electron chi connectivity index (χ2n) is 14.7. The van der Waals surface area contributed by atoms with E-state index >= 15 is 0 Å². The van der Waals surface area contributed by atoms with Crippen LogP contribution in [0.2, 0.25) is 0 Å². The van der Waals surface area contributed by atoms with E-state index in [0.29, 0.717) is 17.9 Å². The molecule has 1 aromatic carbocycles. The summed E-state index contributed by atoms with van der Waals surface area (Å²) < 4.78 is 35.7. The quantitative estimate of drug-likeness (QED) is 0.156. The fourth-order valence-electron chi connectivity index (χ4n) is 9.79. The van der Waals surface area contributed by atoms with Gasteiger partial charge in [0.25, 0.3) is 0 Å². The van der Waals surface area contributed by atoms with Gasteiger partial charge in [0.2, 0.25) is 0 Å². The van der Waals surface area contributed by atoms with Crippen LogP contribution in [0.4, 0.5) is 0 Å². The van der Waals surface area contributed by atoms with Crippen LogP contribution in [0.3, 0.4) is 0 Å². The lowest BCUT2D eigenvalue weighted by Gasteiger charge is -2.65. The number of hydrogen-bond donors (Lipinski definition) is 0. The molecule has 2 saturated carbocycles. The maximum Gasteiger partial charge on any atom is 0.352 e.